The molecule has 2 heterocycles. The summed E-state index contributed by atoms with van der Waals surface area (Å²) in [6.45, 7) is 0.705. The Balaban J connectivity index is 2.08. The van der Waals surface area contributed by atoms with Gasteiger partial charge < -0.3 is 14.8 Å². The van der Waals surface area contributed by atoms with Crippen LogP contribution in [0.2, 0.25) is 0 Å². The minimum absolute atomic E-state index is 0.0950. The Bertz CT molecular complexity index is 557. The van der Waals surface area contributed by atoms with E-state index in [0.717, 1.165) is 11.3 Å². The highest BCUT2D eigenvalue weighted by Crippen LogP contribution is 2.40. The molecule has 0 spiro atoms. The van der Waals surface area contributed by atoms with E-state index in [0.29, 0.717) is 18.2 Å². The fourth-order valence-corrected chi connectivity index (χ4v) is 2.02. The van der Waals surface area contributed by atoms with Crippen LogP contribution in [0.5, 0.6) is 17.4 Å². The molecule has 1 aliphatic rings. The van der Waals surface area contributed by atoms with Crippen LogP contribution in [0.1, 0.15) is 11.7 Å². The number of aromatic nitrogens is 1. The van der Waals surface area contributed by atoms with Crippen LogP contribution in [0.15, 0.2) is 42.6 Å². The molecule has 0 aliphatic carbocycles. The molecule has 0 unspecified atom stereocenters. The molecule has 4 nitrogen and oxygen atoms in total. The molecule has 18 heavy (non-hydrogen) atoms. The van der Waals surface area contributed by atoms with Gasteiger partial charge in [0.25, 0.3) is 0 Å². The van der Waals surface area contributed by atoms with Crippen LogP contribution in [0.3, 0.4) is 0 Å². The number of nitrogens with one attached hydrogen (secondary N) is 1. The number of fused-ring (bicyclic) bond motifs is 2. The Labute approximate surface area is 106 Å². The van der Waals surface area contributed by atoms with E-state index >= 15 is 0 Å². The zero-order valence-electron chi connectivity index (χ0n) is 10.1. The molecule has 0 amide bonds. The second-order valence-electron chi connectivity index (χ2n) is 4.11. The summed E-state index contributed by atoms with van der Waals surface area (Å²) in [7, 11) is 1.90. The molecule has 1 aromatic heterocycles. The Morgan fingerprint density at radius 1 is 1.17 bits per heavy atom. The third-order valence-electron chi connectivity index (χ3n) is 2.86. The molecule has 0 fully saturated rings. The van der Waals surface area contributed by atoms with E-state index in [-0.39, 0.29) is 6.10 Å². The average Bonchev–Trinajstić information content (AvgIpc) is 2.56. The van der Waals surface area contributed by atoms with E-state index in [9.17, 15) is 0 Å². The number of benzene rings is 1. The lowest BCUT2D eigenvalue weighted by Crippen LogP contribution is -2.21. The molecule has 1 N–H and O–H groups in total. The van der Waals surface area contributed by atoms with Crippen molar-refractivity contribution in [2.75, 3.05) is 13.6 Å². The summed E-state index contributed by atoms with van der Waals surface area (Å²) in [5, 5.41) is 3.13. The molecule has 3 rings (SSSR count). The van der Waals surface area contributed by atoms with Gasteiger partial charge in [-0.05, 0) is 31.3 Å². The third kappa shape index (κ3) is 1.91. The highest BCUT2D eigenvalue weighted by Gasteiger charge is 2.24. The predicted molar refractivity (Wildman–Crippen MR) is 68.0 cm³/mol. The number of rotatable bonds is 2. The molecule has 1 atom stereocenters. The number of hydrogen-bond acceptors (Lipinski definition) is 4. The van der Waals surface area contributed by atoms with Crippen molar-refractivity contribution in [2.45, 2.75) is 6.10 Å². The zero-order chi connectivity index (χ0) is 12.4. The fourth-order valence-electron chi connectivity index (χ4n) is 2.02. The van der Waals surface area contributed by atoms with Gasteiger partial charge in [0.15, 0.2) is 11.5 Å². The van der Waals surface area contributed by atoms with Gasteiger partial charge in [-0.2, -0.15) is 0 Å². The largest absolute Gasteiger partial charge is 0.480 e. The quantitative estimate of drug-likeness (QED) is 0.878. The van der Waals surface area contributed by atoms with Gasteiger partial charge in [0.05, 0.1) is 5.56 Å². The standard InChI is InChI=1S/C14H14N2O2/c1-15-9-13-10-5-4-8-16-14(10)18-12-7-3-2-6-11(12)17-13/h2-8,13,15H,9H2,1H3/t13-/m0/s1. The minimum atomic E-state index is -0.0950. The lowest BCUT2D eigenvalue weighted by Gasteiger charge is -2.16. The van der Waals surface area contributed by atoms with E-state index in [1.54, 1.807) is 6.20 Å². The van der Waals surface area contributed by atoms with E-state index in [4.69, 9.17) is 9.47 Å². The Morgan fingerprint density at radius 2 is 2.00 bits per heavy atom. The van der Waals surface area contributed by atoms with Gasteiger partial charge in [-0.3, -0.25) is 0 Å². The van der Waals surface area contributed by atoms with Crippen LogP contribution < -0.4 is 14.8 Å². The predicted octanol–water partition coefficient (Wildman–Crippen LogP) is 2.53. The SMILES string of the molecule is CNC[C@@H]1Oc2ccccc2Oc2ncccc21. The number of ether oxygens (including phenoxy) is 2. The van der Waals surface area contributed by atoms with Crippen molar-refractivity contribution in [1.29, 1.82) is 0 Å². The van der Waals surface area contributed by atoms with Crippen molar-refractivity contribution in [3.8, 4) is 17.4 Å². The number of hydrogen-bond donors (Lipinski definition) is 1. The van der Waals surface area contributed by atoms with Crippen LogP contribution in [-0.2, 0) is 0 Å². The second kappa shape index (κ2) is 4.66. The molecule has 92 valence electrons. The van der Waals surface area contributed by atoms with Crippen LogP contribution in [-0.4, -0.2) is 18.6 Å². The number of pyridine rings is 1. The summed E-state index contributed by atoms with van der Waals surface area (Å²) < 4.78 is 11.8. The Morgan fingerprint density at radius 3 is 2.83 bits per heavy atom. The van der Waals surface area contributed by atoms with E-state index < -0.39 is 0 Å². The van der Waals surface area contributed by atoms with Crippen LogP contribution in [0.25, 0.3) is 0 Å². The molecule has 1 aromatic carbocycles. The van der Waals surface area contributed by atoms with Gasteiger partial charge in [0.2, 0.25) is 5.88 Å². The first-order chi connectivity index (χ1) is 8.88. The monoisotopic (exact) mass is 242 g/mol. The smallest absolute Gasteiger partial charge is 0.226 e. The summed E-state index contributed by atoms with van der Waals surface area (Å²) >= 11 is 0. The average molecular weight is 242 g/mol. The summed E-state index contributed by atoms with van der Waals surface area (Å²) in [6, 6.07) is 11.5. The molecule has 0 radical (unpaired) electrons. The normalized spacial score (nSPS) is 16.8. The van der Waals surface area contributed by atoms with E-state index in [1.807, 2.05) is 43.4 Å². The van der Waals surface area contributed by atoms with E-state index in [2.05, 4.69) is 10.3 Å². The fraction of sp³-hybridized carbons (Fsp3) is 0.214. The van der Waals surface area contributed by atoms with Crippen molar-refractivity contribution >= 4 is 0 Å². The first-order valence-corrected chi connectivity index (χ1v) is 5.91. The van der Waals surface area contributed by atoms with Crippen molar-refractivity contribution < 1.29 is 9.47 Å². The first-order valence-electron chi connectivity index (χ1n) is 5.91. The van der Waals surface area contributed by atoms with Crippen molar-refractivity contribution in [2.24, 2.45) is 0 Å². The van der Waals surface area contributed by atoms with Gasteiger partial charge in [0.1, 0.15) is 6.10 Å². The molecule has 2 aromatic rings. The van der Waals surface area contributed by atoms with Crippen LogP contribution >= 0.6 is 0 Å². The third-order valence-corrected chi connectivity index (χ3v) is 2.86. The molecule has 4 heteroatoms. The molecule has 1 aliphatic heterocycles. The van der Waals surface area contributed by atoms with Gasteiger partial charge >= 0.3 is 0 Å². The molecular formula is C14H14N2O2. The maximum Gasteiger partial charge on any atom is 0.226 e. The van der Waals surface area contributed by atoms with Crippen LogP contribution in [0, 0.1) is 0 Å². The summed E-state index contributed by atoms with van der Waals surface area (Å²) in [5.74, 6) is 2.06. The van der Waals surface area contributed by atoms with Crippen molar-refractivity contribution in [3.63, 3.8) is 0 Å². The number of likely N-dealkylation sites (N-methyl/N-ethyl adjacent to an activating group) is 1. The summed E-state index contributed by atoms with van der Waals surface area (Å²) in [4.78, 5) is 4.28. The molecule has 0 saturated heterocycles. The minimum Gasteiger partial charge on any atom is -0.480 e. The van der Waals surface area contributed by atoms with E-state index in [1.165, 1.54) is 0 Å². The van der Waals surface area contributed by atoms with Crippen molar-refractivity contribution in [3.05, 3.63) is 48.2 Å². The van der Waals surface area contributed by atoms with Crippen LogP contribution in [0.4, 0.5) is 0 Å². The van der Waals surface area contributed by atoms with Gasteiger partial charge in [-0.15, -0.1) is 0 Å². The Hall–Kier alpha value is -2.07. The second-order valence-corrected chi connectivity index (χ2v) is 4.11. The maximum absolute atomic E-state index is 6.00. The topological polar surface area (TPSA) is 43.4 Å². The number of para-hydroxylation sites is 2. The molecule has 0 saturated carbocycles. The van der Waals surface area contributed by atoms with Gasteiger partial charge in [0, 0.05) is 12.7 Å². The van der Waals surface area contributed by atoms with Gasteiger partial charge in [-0.25, -0.2) is 4.98 Å². The molecular weight excluding hydrogens is 228 g/mol. The number of nitrogens with zero attached hydrogens (tertiary/aromatic N) is 1. The highest BCUT2D eigenvalue weighted by molar-refractivity contribution is 5.46. The maximum atomic E-state index is 6.00. The summed E-state index contributed by atoms with van der Waals surface area (Å²) in [6.07, 6.45) is 1.63. The van der Waals surface area contributed by atoms with Crippen molar-refractivity contribution in [1.82, 2.24) is 10.3 Å². The zero-order valence-corrected chi connectivity index (χ0v) is 10.1. The first kappa shape index (κ1) is 11.0. The molecule has 0 bridgehead atoms. The lowest BCUT2D eigenvalue weighted by atomic mass is 10.1. The Kier molecular flexibility index (Phi) is 2.86. The highest BCUT2D eigenvalue weighted by atomic mass is 16.5. The van der Waals surface area contributed by atoms with Gasteiger partial charge in [-0.1, -0.05) is 12.1 Å². The summed E-state index contributed by atoms with van der Waals surface area (Å²) in [5.41, 5.74) is 0.961. The lowest BCUT2D eigenvalue weighted by molar-refractivity contribution is 0.207.